The average Bonchev–Trinajstić information content (AvgIpc) is 3.40. The molecule has 26 heavy (non-hydrogen) atoms. The van der Waals surface area contributed by atoms with Gasteiger partial charge < -0.3 is 0 Å². The Kier molecular flexibility index (Phi) is 3.16. The van der Waals surface area contributed by atoms with E-state index in [1.165, 1.54) is 18.3 Å². The molecule has 3 fully saturated rings. The second-order valence-electron chi connectivity index (χ2n) is 7.36. The maximum atomic E-state index is 12.8. The number of benzene rings is 1. The minimum atomic E-state index is -0.587. The van der Waals surface area contributed by atoms with E-state index in [0.717, 1.165) is 11.4 Å². The highest BCUT2D eigenvalue weighted by atomic mass is 35.5. The lowest BCUT2D eigenvalue weighted by Crippen LogP contribution is -2.40. The molecular weight excluding hydrogens is 358 g/mol. The Morgan fingerprint density at radius 1 is 1.15 bits per heavy atom. The van der Waals surface area contributed by atoms with Crippen molar-refractivity contribution < 1.29 is 14.5 Å². The van der Waals surface area contributed by atoms with Crippen molar-refractivity contribution in [1.29, 1.82) is 0 Å². The van der Waals surface area contributed by atoms with Crippen LogP contribution < -0.4 is 0 Å². The van der Waals surface area contributed by atoms with Gasteiger partial charge in [0.05, 0.1) is 23.0 Å². The minimum absolute atomic E-state index is 0.0216. The summed E-state index contributed by atoms with van der Waals surface area (Å²) in [5.41, 5.74) is 0.159. The zero-order valence-electron chi connectivity index (χ0n) is 13.5. The highest BCUT2D eigenvalue weighted by Crippen LogP contribution is 2.65. The Morgan fingerprint density at radius 3 is 2.35 bits per heavy atom. The largest absolute Gasteiger partial charge is 0.288 e. The molecule has 7 nitrogen and oxygen atoms in total. The average molecular weight is 372 g/mol. The van der Waals surface area contributed by atoms with Crippen LogP contribution in [-0.2, 0) is 9.59 Å². The van der Waals surface area contributed by atoms with E-state index in [9.17, 15) is 19.7 Å². The maximum Gasteiger partial charge on any atom is 0.288 e. The number of hydrazone groups is 1. The van der Waals surface area contributed by atoms with E-state index in [1.807, 2.05) is 0 Å². The third kappa shape index (κ3) is 2.03. The van der Waals surface area contributed by atoms with Crippen molar-refractivity contribution in [2.24, 2.45) is 40.6 Å². The smallest absolute Gasteiger partial charge is 0.272 e. The van der Waals surface area contributed by atoms with Crippen LogP contribution >= 0.6 is 11.6 Å². The number of carbonyl (C=O) groups is 2. The first-order chi connectivity index (χ1) is 12.5. The number of rotatable bonds is 3. The number of nitro benzene ring substituents is 1. The molecule has 0 radical (unpaired) electrons. The van der Waals surface area contributed by atoms with Crippen molar-refractivity contribution in [2.45, 2.75) is 6.42 Å². The van der Waals surface area contributed by atoms with E-state index in [4.69, 9.17) is 11.6 Å². The fourth-order valence-electron chi connectivity index (χ4n) is 4.93. The molecule has 2 saturated carbocycles. The van der Waals surface area contributed by atoms with E-state index in [1.54, 1.807) is 6.07 Å². The molecule has 4 aliphatic carbocycles. The highest BCUT2D eigenvalue weighted by Gasteiger charge is 2.67. The number of carbonyl (C=O) groups excluding carboxylic acids is 2. The molecule has 1 aromatic carbocycles. The summed E-state index contributed by atoms with van der Waals surface area (Å²) in [6.07, 6.45) is 6.60. The fraction of sp³-hybridized carbons (Fsp3) is 0.389. The predicted molar refractivity (Wildman–Crippen MR) is 92.3 cm³/mol. The molecule has 0 spiro atoms. The summed E-state index contributed by atoms with van der Waals surface area (Å²) in [5, 5.41) is 16.0. The third-order valence-corrected chi connectivity index (χ3v) is 6.45. The monoisotopic (exact) mass is 371 g/mol. The number of halogens is 1. The summed E-state index contributed by atoms with van der Waals surface area (Å²) in [4.78, 5) is 36.0. The Balaban J connectivity index is 1.43. The molecule has 2 amide bonds. The van der Waals surface area contributed by atoms with E-state index in [0.29, 0.717) is 17.4 Å². The zero-order chi connectivity index (χ0) is 18.2. The predicted octanol–water partition coefficient (Wildman–Crippen LogP) is 2.64. The van der Waals surface area contributed by atoms with Gasteiger partial charge in [0.25, 0.3) is 17.5 Å². The number of amides is 2. The number of hydrogen-bond acceptors (Lipinski definition) is 5. The zero-order valence-corrected chi connectivity index (χ0v) is 14.2. The SMILES string of the molecule is O=C1C2C3C=CC(C4CC34)C2C(=O)N1N=Cc1ccc(Cl)c([N+](=O)[O-])c1. The first-order valence-corrected chi connectivity index (χ1v) is 8.89. The number of nitro groups is 1. The fourth-order valence-corrected chi connectivity index (χ4v) is 5.12. The van der Waals surface area contributed by atoms with Gasteiger partial charge in [-0.25, -0.2) is 0 Å². The van der Waals surface area contributed by atoms with E-state index < -0.39 is 4.92 Å². The van der Waals surface area contributed by atoms with Gasteiger partial charge >= 0.3 is 0 Å². The van der Waals surface area contributed by atoms with Crippen LogP contribution in [0.1, 0.15) is 12.0 Å². The van der Waals surface area contributed by atoms with Gasteiger partial charge in [-0.2, -0.15) is 10.1 Å². The molecule has 2 bridgehead atoms. The summed E-state index contributed by atoms with van der Waals surface area (Å²) in [6.45, 7) is 0. The molecule has 5 aliphatic rings. The molecule has 6 atom stereocenters. The van der Waals surface area contributed by atoms with Gasteiger partial charge in [0.1, 0.15) is 5.02 Å². The van der Waals surface area contributed by atoms with Gasteiger partial charge in [0.15, 0.2) is 0 Å². The van der Waals surface area contributed by atoms with Crippen molar-refractivity contribution in [3.05, 3.63) is 51.1 Å². The quantitative estimate of drug-likeness (QED) is 0.268. The molecule has 1 heterocycles. The van der Waals surface area contributed by atoms with Gasteiger partial charge in [-0.1, -0.05) is 29.8 Å². The van der Waals surface area contributed by atoms with E-state index in [2.05, 4.69) is 17.3 Å². The standard InChI is InChI=1S/C18H14ClN3O4/c19-13-4-1-8(5-14(13)22(25)26)7-20-21-17(23)15-9-2-3-10(12-6-11(9)12)16(15)18(21)24/h1-5,7,9-12,15-16H,6H2. The van der Waals surface area contributed by atoms with Crippen LogP contribution in [0.5, 0.6) is 0 Å². The summed E-state index contributed by atoms with van der Waals surface area (Å²) >= 11 is 5.79. The number of hydrogen-bond donors (Lipinski definition) is 0. The first-order valence-electron chi connectivity index (χ1n) is 8.51. The van der Waals surface area contributed by atoms with E-state index in [-0.39, 0.29) is 46.2 Å². The topological polar surface area (TPSA) is 92.9 Å². The van der Waals surface area contributed by atoms with Crippen molar-refractivity contribution >= 4 is 35.3 Å². The molecule has 1 aromatic rings. The minimum Gasteiger partial charge on any atom is -0.272 e. The molecule has 1 saturated heterocycles. The Hall–Kier alpha value is -2.54. The number of imide groups is 1. The normalized spacial score (nSPS) is 36.6. The van der Waals surface area contributed by atoms with Crippen LogP contribution in [0.3, 0.4) is 0 Å². The van der Waals surface area contributed by atoms with Crippen LogP contribution in [0, 0.1) is 45.6 Å². The lowest BCUT2D eigenvalue weighted by atomic mass is 9.63. The number of allylic oxidation sites excluding steroid dienone is 2. The van der Waals surface area contributed by atoms with Gasteiger partial charge in [0, 0.05) is 11.6 Å². The van der Waals surface area contributed by atoms with Crippen LogP contribution in [0.2, 0.25) is 5.02 Å². The van der Waals surface area contributed by atoms with Gasteiger partial charge in [-0.15, -0.1) is 0 Å². The number of nitrogens with zero attached hydrogens (tertiary/aromatic N) is 3. The van der Waals surface area contributed by atoms with Crippen molar-refractivity contribution in [3.63, 3.8) is 0 Å². The van der Waals surface area contributed by atoms with Crippen LogP contribution in [0.4, 0.5) is 5.69 Å². The molecule has 8 heteroatoms. The van der Waals surface area contributed by atoms with Crippen molar-refractivity contribution in [1.82, 2.24) is 5.01 Å². The van der Waals surface area contributed by atoms with Crippen LogP contribution in [0.15, 0.2) is 35.5 Å². The highest BCUT2D eigenvalue weighted by molar-refractivity contribution is 6.32. The lowest BCUT2D eigenvalue weighted by Gasteiger charge is -2.37. The van der Waals surface area contributed by atoms with Gasteiger partial charge in [-0.05, 0) is 36.2 Å². The first kappa shape index (κ1) is 15.7. The summed E-state index contributed by atoms with van der Waals surface area (Å²) in [5.74, 6) is 0.216. The van der Waals surface area contributed by atoms with Gasteiger partial charge in [0.2, 0.25) is 0 Å². The van der Waals surface area contributed by atoms with E-state index >= 15 is 0 Å². The van der Waals surface area contributed by atoms with Crippen LogP contribution in [0.25, 0.3) is 0 Å². The molecular formula is C18H14ClN3O4. The molecule has 0 N–H and O–H groups in total. The van der Waals surface area contributed by atoms with Crippen molar-refractivity contribution in [2.75, 3.05) is 0 Å². The maximum absolute atomic E-state index is 12.8. The molecule has 6 rings (SSSR count). The summed E-state index contributed by atoms with van der Waals surface area (Å²) in [6, 6.07) is 4.22. The second-order valence-corrected chi connectivity index (χ2v) is 7.76. The van der Waals surface area contributed by atoms with Crippen LogP contribution in [-0.4, -0.2) is 28.0 Å². The molecule has 1 aliphatic heterocycles. The Bertz CT molecular complexity index is 891. The summed E-state index contributed by atoms with van der Waals surface area (Å²) in [7, 11) is 0. The molecule has 6 unspecified atom stereocenters. The second kappa shape index (κ2) is 5.23. The molecule has 0 aromatic heterocycles. The Morgan fingerprint density at radius 2 is 1.77 bits per heavy atom. The summed E-state index contributed by atoms with van der Waals surface area (Å²) < 4.78 is 0. The molecule has 132 valence electrons. The van der Waals surface area contributed by atoms with Gasteiger partial charge in [-0.3, -0.25) is 19.7 Å². The Labute approximate surface area is 153 Å². The van der Waals surface area contributed by atoms with Crippen molar-refractivity contribution in [3.8, 4) is 0 Å². The lowest BCUT2D eigenvalue weighted by molar-refractivity contribution is -0.384. The third-order valence-electron chi connectivity index (χ3n) is 6.13.